The molecule has 2 aliphatic rings. The molecule has 0 bridgehead atoms. The molecule has 1 aromatic carbocycles. The van der Waals surface area contributed by atoms with Crippen molar-refractivity contribution < 1.29 is 9.18 Å². The van der Waals surface area contributed by atoms with Crippen molar-refractivity contribution in [2.45, 2.75) is 40.0 Å². The average Bonchev–Trinajstić information content (AvgIpc) is 3.23. The lowest BCUT2D eigenvalue weighted by Gasteiger charge is -2.20. The number of carbonyl (C=O) groups is 1. The number of carbonyl (C=O) groups excluding carboxylic acids is 1. The normalized spacial score (nSPS) is 17.5. The SMILES string of the molecule is CCCCC1=NN2C(=N)C(=Cc3cc(C)n(-c4cccc(F)c4)c3C)C(=O)N=C2S1. The van der Waals surface area contributed by atoms with Crippen LogP contribution in [0.15, 0.2) is 46.0 Å². The first-order valence-corrected chi connectivity index (χ1v) is 10.6. The standard InChI is InChI=1S/C22H22FN5OS/c1-4-5-9-19-26-28-20(24)18(21(29)25-22(28)30-19)11-15-10-13(2)27(14(15)3)17-8-6-7-16(23)12-17/h6-8,10-12,24H,4-5,9H2,1-3H3. The molecule has 30 heavy (non-hydrogen) atoms. The first-order valence-electron chi connectivity index (χ1n) is 9.83. The van der Waals surface area contributed by atoms with Gasteiger partial charge in [0, 0.05) is 17.1 Å². The summed E-state index contributed by atoms with van der Waals surface area (Å²) in [6.45, 7) is 5.94. The van der Waals surface area contributed by atoms with Gasteiger partial charge in [-0.25, -0.2) is 4.39 Å². The summed E-state index contributed by atoms with van der Waals surface area (Å²) in [5.74, 6) is -0.727. The summed E-state index contributed by atoms with van der Waals surface area (Å²) in [4.78, 5) is 16.8. The Bertz CT molecular complexity index is 1140. The minimum absolute atomic E-state index is 0.0274. The number of nitrogens with one attached hydrogen (secondary N) is 1. The summed E-state index contributed by atoms with van der Waals surface area (Å²) in [6, 6.07) is 8.29. The van der Waals surface area contributed by atoms with Crippen molar-refractivity contribution in [3.05, 3.63) is 58.7 Å². The third-order valence-electron chi connectivity index (χ3n) is 5.08. The highest BCUT2D eigenvalue weighted by atomic mass is 32.2. The van der Waals surface area contributed by atoms with E-state index in [1.54, 1.807) is 12.1 Å². The van der Waals surface area contributed by atoms with Crippen LogP contribution in [0.4, 0.5) is 4.39 Å². The van der Waals surface area contributed by atoms with E-state index in [1.807, 2.05) is 30.5 Å². The van der Waals surface area contributed by atoms with E-state index in [-0.39, 0.29) is 17.2 Å². The van der Waals surface area contributed by atoms with Gasteiger partial charge in [-0.05, 0) is 74.4 Å². The van der Waals surface area contributed by atoms with Crippen molar-refractivity contribution >= 4 is 39.8 Å². The van der Waals surface area contributed by atoms with Crippen molar-refractivity contribution in [3.63, 3.8) is 0 Å². The second-order valence-electron chi connectivity index (χ2n) is 7.26. The van der Waals surface area contributed by atoms with Crippen LogP contribution in [-0.2, 0) is 4.79 Å². The number of hydrogen-bond acceptors (Lipinski definition) is 4. The number of fused-ring (bicyclic) bond motifs is 1. The first-order chi connectivity index (χ1) is 14.4. The molecule has 0 unspecified atom stereocenters. The number of hydrazone groups is 1. The zero-order valence-corrected chi connectivity index (χ0v) is 17.9. The van der Waals surface area contributed by atoms with E-state index in [1.165, 1.54) is 28.9 Å². The molecule has 4 rings (SSSR count). The van der Waals surface area contributed by atoms with Gasteiger partial charge in [0.05, 0.1) is 5.57 Å². The van der Waals surface area contributed by atoms with Gasteiger partial charge in [-0.2, -0.15) is 15.1 Å². The van der Waals surface area contributed by atoms with Crippen LogP contribution in [0.2, 0.25) is 0 Å². The minimum Gasteiger partial charge on any atom is -0.318 e. The predicted octanol–water partition coefficient (Wildman–Crippen LogP) is 5.04. The molecule has 2 aromatic rings. The number of nitrogens with zero attached hydrogens (tertiary/aromatic N) is 4. The largest absolute Gasteiger partial charge is 0.318 e. The van der Waals surface area contributed by atoms with Crippen molar-refractivity contribution in [3.8, 4) is 5.69 Å². The van der Waals surface area contributed by atoms with Crippen LogP contribution < -0.4 is 0 Å². The Morgan fingerprint density at radius 2 is 2.07 bits per heavy atom. The summed E-state index contributed by atoms with van der Waals surface area (Å²) < 4.78 is 15.6. The minimum atomic E-state index is -0.443. The number of aliphatic imine (C=N–C) groups is 1. The number of unbranched alkanes of at least 4 members (excludes halogenated alkanes) is 1. The van der Waals surface area contributed by atoms with Gasteiger partial charge in [-0.3, -0.25) is 10.2 Å². The van der Waals surface area contributed by atoms with Crippen LogP contribution in [0.1, 0.15) is 43.1 Å². The molecule has 8 heteroatoms. The molecule has 0 spiro atoms. The fourth-order valence-corrected chi connectivity index (χ4v) is 4.49. The summed E-state index contributed by atoms with van der Waals surface area (Å²) in [6.07, 6.45) is 4.54. The lowest BCUT2D eigenvalue weighted by Crippen LogP contribution is -2.35. The Hall–Kier alpha value is -3.00. The highest BCUT2D eigenvalue weighted by Gasteiger charge is 2.35. The zero-order valence-electron chi connectivity index (χ0n) is 17.1. The van der Waals surface area contributed by atoms with Crippen molar-refractivity contribution in [1.82, 2.24) is 9.58 Å². The molecule has 0 aliphatic carbocycles. The zero-order chi connectivity index (χ0) is 21.4. The van der Waals surface area contributed by atoms with Crippen LogP contribution in [0, 0.1) is 25.1 Å². The Morgan fingerprint density at radius 1 is 1.27 bits per heavy atom. The van der Waals surface area contributed by atoms with Crippen LogP contribution in [-0.4, -0.2) is 31.5 Å². The van der Waals surface area contributed by atoms with Gasteiger partial charge in [0.25, 0.3) is 5.91 Å². The second kappa shape index (κ2) is 8.02. The lowest BCUT2D eigenvalue weighted by atomic mass is 10.1. The van der Waals surface area contributed by atoms with Gasteiger partial charge in [-0.1, -0.05) is 19.4 Å². The summed E-state index contributed by atoms with van der Waals surface area (Å²) in [5.41, 5.74) is 3.44. The topological polar surface area (TPSA) is 73.8 Å². The Balaban J connectivity index is 1.69. The predicted molar refractivity (Wildman–Crippen MR) is 120 cm³/mol. The second-order valence-corrected chi connectivity index (χ2v) is 8.30. The number of rotatable bonds is 5. The average molecular weight is 424 g/mol. The summed E-state index contributed by atoms with van der Waals surface area (Å²) in [7, 11) is 0. The van der Waals surface area contributed by atoms with E-state index in [4.69, 9.17) is 5.41 Å². The molecule has 3 heterocycles. The van der Waals surface area contributed by atoms with Crippen LogP contribution in [0.5, 0.6) is 0 Å². The number of thioether (sulfide) groups is 1. The van der Waals surface area contributed by atoms with Gasteiger partial charge in [0.1, 0.15) is 10.9 Å². The maximum Gasteiger partial charge on any atom is 0.283 e. The van der Waals surface area contributed by atoms with E-state index in [2.05, 4.69) is 17.0 Å². The third kappa shape index (κ3) is 3.63. The van der Waals surface area contributed by atoms with Crippen molar-refractivity contribution in [2.75, 3.05) is 0 Å². The van der Waals surface area contributed by atoms with Gasteiger partial charge in [0.15, 0.2) is 5.84 Å². The molecule has 6 nitrogen and oxygen atoms in total. The number of benzene rings is 1. The third-order valence-corrected chi connectivity index (χ3v) is 6.05. The smallest absolute Gasteiger partial charge is 0.283 e. The van der Waals surface area contributed by atoms with Gasteiger partial charge < -0.3 is 4.57 Å². The molecule has 154 valence electrons. The number of halogens is 1. The molecule has 1 aromatic heterocycles. The number of amidine groups is 2. The Morgan fingerprint density at radius 3 is 2.80 bits per heavy atom. The quantitative estimate of drug-likeness (QED) is 0.685. The monoisotopic (exact) mass is 423 g/mol. The van der Waals surface area contributed by atoms with Gasteiger partial charge in [-0.15, -0.1) is 0 Å². The molecule has 0 atom stereocenters. The highest BCUT2D eigenvalue weighted by Crippen LogP contribution is 2.31. The van der Waals surface area contributed by atoms with Crippen LogP contribution >= 0.6 is 11.8 Å². The van der Waals surface area contributed by atoms with E-state index in [9.17, 15) is 9.18 Å². The van der Waals surface area contributed by atoms with Crippen molar-refractivity contribution in [2.24, 2.45) is 10.1 Å². The molecular formula is C22H22FN5OS. The van der Waals surface area contributed by atoms with E-state index >= 15 is 0 Å². The van der Waals surface area contributed by atoms with Crippen LogP contribution in [0.3, 0.4) is 0 Å². The number of amides is 1. The van der Waals surface area contributed by atoms with Gasteiger partial charge in [0.2, 0.25) is 5.17 Å². The van der Waals surface area contributed by atoms with E-state index in [0.717, 1.165) is 41.3 Å². The lowest BCUT2D eigenvalue weighted by molar-refractivity contribution is -0.114. The molecule has 1 N–H and O–H groups in total. The molecule has 2 aliphatic heterocycles. The number of aromatic nitrogens is 1. The fourth-order valence-electron chi connectivity index (χ4n) is 3.56. The molecule has 0 fully saturated rings. The summed E-state index contributed by atoms with van der Waals surface area (Å²) >= 11 is 1.36. The molecule has 0 saturated heterocycles. The first kappa shape index (κ1) is 20.3. The fraction of sp³-hybridized carbons (Fsp3) is 0.273. The molecule has 0 radical (unpaired) electrons. The maximum absolute atomic E-state index is 13.7. The Labute approximate surface area is 178 Å². The number of hydrogen-bond donors (Lipinski definition) is 1. The van der Waals surface area contributed by atoms with E-state index in [0.29, 0.717) is 10.9 Å². The summed E-state index contributed by atoms with van der Waals surface area (Å²) in [5, 5.41) is 15.8. The Kier molecular flexibility index (Phi) is 5.42. The van der Waals surface area contributed by atoms with E-state index < -0.39 is 5.91 Å². The van der Waals surface area contributed by atoms with Crippen molar-refractivity contribution in [1.29, 1.82) is 5.41 Å². The molecular weight excluding hydrogens is 401 g/mol. The number of aryl methyl sites for hydroxylation is 1. The maximum atomic E-state index is 13.7. The van der Waals surface area contributed by atoms with Crippen LogP contribution in [0.25, 0.3) is 11.8 Å². The van der Waals surface area contributed by atoms with Gasteiger partial charge >= 0.3 is 0 Å². The molecule has 1 amide bonds. The highest BCUT2D eigenvalue weighted by molar-refractivity contribution is 8.26. The molecule has 0 saturated carbocycles.